The average molecular weight is 396 g/mol. The summed E-state index contributed by atoms with van der Waals surface area (Å²) in [5.74, 6) is -4.01. The fraction of sp³-hybridized carbons (Fsp3) is 0.316. The molecule has 0 saturated carbocycles. The van der Waals surface area contributed by atoms with Crippen LogP contribution in [0.25, 0.3) is 10.8 Å². The molecule has 0 radical (unpaired) electrons. The van der Waals surface area contributed by atoms with Crippen molar-refractivity contribution >= 4 is 28.6 Å². The van der Waals surface area contributed by atoms with Gasteiger partial charge in [0.1, 0.15) is 13.0 Å². The van der Waals surface area contributed by atoms with E-state index >= 15 is 0 Å². The van der Waals surface area contributed by atoms with Crippen molar-refractivity contribution in [2.45, 2.75) is 19.0 Å². The van der Waals surface area contributed by atoms with Crippen molar-refractivity contribution in [3.8, 4) is 0 Å². The summed E-state index contributed by atoms with van der Waals surface area (Å²) in [6.07, 6.45) is -5.23. The van der Waals surface area contributed by atoms with Crippen molar-refractivity contribution in [3.63, 3.8) is 0 Å². The van der Waals surface area contributed by atoms with E-state index in [-0.39, 0.29) is 13.0 Å². The Hall–Kier alpha value is -3.10. The molecule has 0 aliphatic heterocycles. The minimum Gasteiger partial charge on any atom is -0.481 e. The zero-order valence-electron chi connectivity index (χ0n) is 14.8. The molecule has 0 fully saturated rings. The summed E-state index contributed by atoms with van der Waals surface area (Å²) in [7, 11) is 0. The molecule has 2 amide bonds. The topological polar surface area (TPSA) is 95.5 Å². The van der Waals surface area contributed by atoms with Crippen LogP contribution in [-0.4, -0.2) is 42.2 Å². The van der Waals surface area contributed by atoms with Gasteiger partial charge >= 0.3 is 12.1 Å². The lowest BCUT2D eigenvalue weighted by molar-refractivity contribution is -0.142. The first-order valence-corrected chi connectivity index (χ1v) is 8.45. The number of carboxylic acid groups (broad SMARTS) is 1. The number of carbonyl (C=O) groups excluding carboxylic acids is 2. The molecular weight excluding hydrogens is 377 g/mol. The molecule has 2 rings (SSSR count). The molecule has 0 bridgehead atoms. The van der Waals surface area contributed by atoms with E-state index < -0.39 is 42.8 Å². The first-order chi connectivity index (χ1) is 13.2. The zero-order valence-corrected chi connectivity index (χ0v) is 14.8. The van der Waals surface area contributed by atoms with E-state index in [1.807, 2.05) is 30.3 Å². The number of carbonyl (C=O) groups is 3. The molecule has 0 spiro atoms. The molecule has 28 heavy (non-hydrogen) atoms. The molecule has 0 aliphatic carbocycles. The number of aliphatic carboxylic acids is 1. The maximum atomic E-state index is 12.0. The number of rotatable bonds is 8. The fourth-order valence-electron chi connectivity index (χ4n) is 2.69. The molecule has 2 aromatic carbocycles. The van der Waals surface area contributed by atoms with E-state index in [2.05, 4.69) is 5.32 Å². The molecule has 1 atom stereocenters. The second-order valence-corrected chi connectivity index (χ2v) is 6.25. The van der Waals surface area contributed by atoms with Gasteiger partial charge in [0, 0.05) is 6.54 Å². The van der Waals surface area contributed by atoms with Crippen LogP contribution >= 0.6 is 0 Å². The second kappa shape index (κ2) is 9.20. The Labute approximate surface area is 158 Å². The summed E-state index contributed by atoms with van der Waals surface area (Å²) in [5, 5.41) is 15.2. The van der Waals surface area contributed by atoms with Crippen LogP contribution < -0.4 is 10.6 Å². The third kappa shape index (κ3) is 6.57. The molecule has 3 N–H and O–H groups in total. The number of amides is 2. The number of carboxylic acids is 1. The van der Waals surface area contributed by atoms with Crippen molar-refractivity contribution in [1.82, 2.24) is 10.6 Å². The molecule has 2 aromatic rings. The number of benzene rings is 2. The van der Waals surface area contributed by atoms with Crippen molar-refractivity contribution in [1.29, 1.82) is 0 Å². The second-order valence-electron chi connectivity index (χ2n) is 6.25. The maximum Gasteiger partial charge on any atom is 0.405 e. The van der Waals surface area contributed by atoms with E-state index in [1.54, 1.807) is 17.4 Å². The molecule has 150 valence electrons. The predicted molar refractivity (Wildman–Crippen MR) is 95.5 cm³/mol. The molecule has 0 heterocycles. The fourth-order valence-corrected chi connectivity index (χ4v) is 2.69. The summed E-state index contributed by atoms with van der Waals surface area (Å²) in [6, 6.07) is 13.0. The monoisotopic (exact) mass is 396 g/mol. The highest BCUT2D eigenvalue weighted by atomic mass is 19.4. The van der Waals surface area contributed by atoms with Gasteiger partial charge in [-0.15, -0.1) is 0 Å². The molecule has 1 unspecified atom stereocenters. The van der Waals surface area contributed by atoms with Crippen LogP contribution in [0, 0.1) is 5.92 Å². The minimum atomic E-state index is -4.57. The van der Waals surface area contributed by atoms with Gasteiger partial charge in [0.2, 0.25) is 11.8 Å². The number of halogens is 3. The van der Waals surface area contributed by atoms with Crippen LogP contribution in [-0.2, 0) is 20.8 Å². The van der Waals surface area contributed by atoms with Crippen LogP contribution in [0.5, 0.6) is 0 Å². The van der Waals surface area contributed by atoms with Crippen molar-refractivity contribution in [2.24, 2.45) is 5.92 Å². The van der Waals surface area contributed by atoms with Gasteiger partial charge in [-0.05, 0) is 22.8 Å². The third-order valence-electron chi connectivity index (χ3n) is 4.05. The van der Waals surface area contributed by atoms with E-state index in [4.69, 9.17) is 0 Å². The Balaban J connectivity index is 1.93. The third-order valence-corrected chi connectivity index (χ3v) is 4.05. The van der Waals surface area contributed by atoms with Crippen LogP contribution in [0.3, 0.4) is 0 Å². The molecule has 0 aliphatic rings. The smallest absolute Gasteiger partial charge is 0.405 e. The highest BCUT2D eigenvalue weighted by molar-refractivity contribution is 5.97. The number of alkyl halides is 3. The SMILES string of the molecule is O=C(CC(=O)NCC(F)(F)F)NCC(Cc1cccc2ccccc12)C(=O)O. The Morgan fingerprint density at radius 3 is 2.29 bits per heavy atom. The Kier molecular flexibility index (Phi) is 6.97. The predicted octanol–water partition coefficient (Wildman–Crippen LogP) is 2.27. The zero-order chi connectivity index (χ0) is 20.7. The highest BCUT2D eigenvalue weighted by Gasteiger charge is 2.28. The average Bonchev–Trinajstić information content (AvgIpc) is 2.62. The van der Waals surface area contributed by atoms with Crippen molar-refractivity contribution in [2.75, 3.05) is 13.1 Å². The lowest BCUT2D eigenvalue weighted by Crippen LogP contribution is -2.39. The van der Waals surface area contributed by atoms with Crippen LogP contribution in [0.4, 0.5) is 13.2 Å². The Morgan fingerprint density at radius 1 is 0.964 bits per heavy atom. The van der Waals surface area contributed by atoms with Crippen molar-refractivity contribution in [3.05, 3.63) is 48.0 Å². The van der Waals surface area contributed by atoms with Gasteiger partial charge in [0.05, 0.1) is 5.92 Å². The summed E-state index contributed by atoms with van der Waals surface area (Å²) in [4.78, 5) is 34.6. The molecule has 9 heteroatoms. The first-order valence-electron chi connectivity index (χ1n) is 8.45. The highest BCUT2D eigenvalue weighted by Crippen LogP contribution is 2.21. The van der Waals surface area contributed by atoms with Crippen LogP contribution in [0.15, 0.2) is 42.5 Å². The van der Waals surface area contributed by atoms with Gasteiger partial charge in [-0.3, -0.25) is 14.4 Å². The summed E-state index contributed by atoms with van der Waals surface area (Å²) >= 11 is 0. The molecule has 6 nitrogen and oxygen atoms in total. The van der Waals surface area contributed by atoms with Gasteiger partial charge in [0.25, 0.3) is 0 Å². The molecule has 0 aromatic heterocycles. The number of hydrogen-bond donors (Lipinski definition) is 3. The van der Waals surface area contributed by atoms with Crippen LogP contribution in [0.2, 0.25) is 0 Å². The van der Waals surface area contributed by atoms with Gasteiger partial charge in [-0.25, -0.2) is 0 Å². The summed E-state index contributed by atoms with van der Waals surface area (Å²) < 4.78 is 36.1. The van der Waals surface area contributed by atoms with E-state index in [1.165, 1.54) is 0 Å². The van der Waals surface area contributed by atoms with Gasteiger partial charge in [-0.2, -0.15) is 13.2 Å². The normalized spacial score (nSPS) is 12.4. The molecular formula is C19H19F3N2O4. The Bertz CT molecular complexity index is 862. The van der Waals surface area contributed by atoms with Gasteiger partial charge in [-0.1, -0.05) is 42.5 Å². The summed E-state index contributed by atoms with van der Waals surface area (Å²) in [5.41, 5.74) is 0.794. The Morgan fingerprint density at radius 2 is 1.61 bits per heavy atom. The minimum absolute atomic E-state index is 0.150. The van der Waals surface area contributed by atoms with Gasteiger partial charge in [0.15, 0.2) is 0 Å². The van der Waals surface area contributed by atoms with Crippen LogP contribution in [0.1, 0.15) is 12.0 Å². The lowest BCUT2D eigenvalue weighted by atomic mass is 9.95. The number of nitrogens with one attached hydrogen (secondary N) is 2. The quantitative estimate of drug-likeness (QED) is 0.597. The summed E-state index contributed by atoms with van der Waals surface area (Å²) in [6.45, 7) is -1.78. The van der Waals surface area contributed by atoms with Crippen molar-refractivity contribution < 1.29 is 32.7 Å². The number of hydrogen-bond acceptors (Lipinski definition) is 3. The maximum absolute atomic E-state index is 12.0. The first kappa shape index (κ1) is 21.2. The van der Waals surface area contributed by atoms with E-state index in [0.717, 1.165) is 16.3 Å². The van der Waals surface area contributed by atoms with E-state index in [9.17, 15) is 32.7 Å². The standard InChI is InChI=1S/C19H19F3N2O4/c20-19(21,22)11-24-17(26)9-16(25)23-10-14(18(27)28)8-13-6-3-5-12-4-1-2-7-15(12)13/h1-7,14H,8-11H2,(H,23,25)(H,24,26)(H,27,28). The van der Waals surface area contributed by atoms with Gasteiger partial charge < -0.3 is 15.7 Å². The molecule has 0 saturated heterocycles. The van der Waals surface area contributed by atoms with E-state index in [0.29, 0.717) is 0 Å². The largest absolute Gasteiger partial charge is 0.481 e. The lowest BCUT2D eigenvalue weighted by Gasteiger charge is -2.15. The number of fused-ring (bicyclic) bond motifs is 1.